The van der Waals surface area contributed by atoms with Crippen molar-refractivity contribution in [3.8, 4) is 23.3 Å². The molecule has 0 saturated carbocycles. The summed E-state index contributed by atoms with van der Waals surface area (Å²) < 4.78 is 1.80. The van der Waals surface area contributed by atoms with Crippen LogP contribution in [0.1, 0.15) is 23.0 Å². The molecule has 0 spiro atoms. The van der Waals surface area contributed by atoms with E-state index in [0.717, 1.165) is 11.2 Å². The number of benzene rings is 2. The lowest BCUT2D eigenvalue weighted by molar-refractivity contribution is 0.0698. The first-order valence-corrected chi connectivity index (χ1v) is 6.72. The maximum Gasteiger partial charge on any atom is 0.339 e. The molecule has 4 nitrogen and oxygen atoms in total. The fourth-order valence-electron chi connectivity index (χ4n) is 2.56. The minimum absolute atomic E-state index is 0.154. The second-order valence-electron chi connectivity index (χ2n) is 4.77. The van der Waals surface area contributed by atoms with Crippen LogP contribution in [0.4, 0.5) is 0 Å². The zero-order chi connectivity index (χ0) is 15.7. The summed E-state index contributed by atoms with van der Waals surface area (Å²) in [5.41, 5.74) is 2.14. The van der Waals surface area contributed by atoms with Crippen molar-refractivity contribution in [2.24, 2.45) is 0 Å². The number of aromatic hydroxyl groups is 1. The Labute approximate surface area is 127 Å². The van der Waals surface area contributed by atoms with E-state index in [9.17, 15) is 15.0 Å². The Balaban J connectivity index is 2.46. The Hall–Kier alpha value is -3.19. The van der Waals surface area contributed by atoms with Crippen LogP contribution in [0.3, 0.4) is 0 Å². The number of aromatic nitrogens is 1. The summed E-state index contributed by atoms with van der Waals surface area (Å²) in [5.74, 6) is 4.82. The van der Waals surface area contributed by atoms with Crippen molar-refractivity contribution < 1.29 is 15.0 Å². The lowest BCUT2D eigenvalue weighted by Gasteiger charge is -2.08. The molecule has 0 atom stereocenters. The van der Waals surface area contributed by atoms with Gasteiger partial charge in [-0.05, 0) is 43.2 Å². The number of carboxylic acid groups (broad SMARTS) is 1. The first-order chi connectivity index (χ1) is 10.6. The van der Waals surface area contributed by atoms with Gasteiger partial charge >= 0.3 is 5.97 Å². The van der Waals surface area contributed by atoms with E-state index in [1.54, 1.807) is 47.9 Å². The van der Waals surface area contributed by atoms with Crippen molar-refractivity contribution in [3.05, 3.63) is 59.8 Å². The van der Waals surface area contributed by atoms with Gasteiger partial charge in [-0.25, -0.2) is 4.79 Å². The third-order valence-corrected chi connectivity index (χ3v) is 3.44. The van der Waals surface area contributed by atoms with Crippen molar-refractivity contribution in [2.75, 3.05) is 0 Å². The number of hydrogen-bond acceptors (Lipinski definition) is 2. The summed E-state index contributed by atoms with van der Waals surface area (Å²) >= 11 is 0. The number of rotatable bonds is 2. The SMILES string of the molecule is CC#Cc1c(C(=O)O)c2ccccc2n1-c1ccc(O)cc1. The lowest BCUT2D eigenvalue weighted by atomic mass is 10.1. The molecule has 0 fully saturated rings. The quantitative estimate of drug-likeness (QED) is 0.711. The molecule has 0 saturated heterocycles. The zero-order valence-corrected chi connectivity index (χ0v) is 11.9. The summed E-state index contributed by atoms with van der Waals surface area (Å²) in [6.45, 7) is 1.67. The van der Waals surface area contributed by atoms with Crippen LogP contribution in [0.5, 0.6) is 5.75 Å². The molecular formula is C18H13NO3. The van der Waals surface area contributed by atoms with Gasteiger partial charge in [0.2, 0.25) is 0 Å². The Bertz CT molecular complexity index is 925. The van der Waals surface area contributed by atoms with Gasteiger partial charge in [0.1, 0.15) is 17.0 Å². The van der Waals surface area contributed by atoms with Crippen LogP contribution in [0, 0.1) is 11.8 Å². The first-order valence-electron chi connectivity index (χ1n) is 6.72. The molecule has 0 unspecified atom stereocenters. The summed E-state index contributed by atoms with van der Waals surface area (Å²) in [5, 5.41) is 19.7. The molecule has 3 rings (SSSR count). The fraction of sp³-hybridized carbons (Fsp3) is 0.0556. The van der Waals surface area contributed by atoms with Gasteiger partial charge in [-0.2, -0.15) is 0 Å². The van der Waals surface area contributed by atoms with Crippen LogP contribution >= 0.6 is 0 Å². The van der Waals surface area contributed by atoms with Gasteiger partial charge in [0, 0.05) is 11.1 Å². The maximum atomic E-state index is 11.7. The Morgan fingerprint density at radius 2 is 1.77 bits per heavy atom. The predicted octanol–water partition coefficient (Wildman–Crippen LogP) is 3.41. The van der Waals surface area contributed by atoms with Crippen LogP contribution in [0.2, 0.25) is 0 Å². The highest BCUT2D eigenvalue weighted by Crippen LogP contribution is 2.29. The average Bonchev–Trinajstić information content (AvgIpc) is 2.83. The zero-order valence-electron chi connectivity index (χ0n) is 11.9. The van der Waals surface area contributed by atoms with Gasteiger partial charge in [0.25, 0.3) is 0 Å². The minimum Gasteiger partial charge on any atom is -0.508 e. The molecule has 0 radical (unpaired) electrons. The summed E-state index contributed by atoms with van der Waals surface area (Å²) in [7, 11) is 0. The number of fused-ring (bicyclic) bond motifs is 1. The van der Waals surface area contributed by atoms with Crippen molar-refractivity contribution in [1.82, 2.24) is 4.57 Å². The third kappa shape index (κ3) is 2.09. The largest absolute Gasteiger partial charge is 0.508 e. The number of carboxylic acids is 1. The van der Waals surface area contributed by atoms with Gasteiger partial charge in [0.15, 0.2) is 0 Å². The standard InChI is InChI=1S/C18H13NO3/c1-2-5-16-17(18(21)22)14-6-3-4-7-15(14)19(16)12-8-10-13(20)11-9-12/h3-4,6-11,20H,1H3,(H,21,22). The molecule has 2 N–H and O–H groups in total. The van der Waals surface area contributed by atoms with Gasteiger partial charge < -0.3 is 14.8 Å². The first kappa shape index (κ1) is 13.8. The van der Waals surface area contributed by atoms with E-state index in [1.807, 2.05) is 12.1 Å². The van der Waals surface area contributed by atoms with E-state index in [2.05, 4.69) is 11.8 Å². The predicted molar refractivity (Wildman–Crippen MR) is 84.5 cm³/mol. The van der Waals surface area contributed by atoms with Gasteiger partial charge in [-0.15, -0.1) is 0 Å². The molecule has 0 aliphatic rings. The second-order valence-corrected chi connectivity index (χ2v) is 4.77. The van der Waals surface area contributed by atoms with Crippen LogP contribution in [-0.2, 0) is 0 Å². The van der Waals surface area contributed by atoms with Crippen molar-refractivity contribution in [1.29, 1.82) is 0 Å². The van der Waals surface area contributed by atoms with Crippen LogP contribution in [-0.4, -0.2) is 20.7 Å². The second kappa shape index (κ2) is 5.30. The van der Waals surface area contributed by atoms with E-state index in [0.29, 0.717) is 11.1 Å². The molecule has 0 aliphatic heterocycles. The van der Waals surface area contributed by atoms with Gasteiger partial charge in [0.05, 0.1) is 5.52 Å². The van der Waals surface area contributed by atoms with Crippen LogP contribution in [0.25, 0.3) is 16.6 Å². The molecule has 2 aromatic carbocycles. The molecule has 4 heteroatoms. The van der Waals surface area contributed by atoms with Crippen molar-refractivity contribution in [3.63, 3.8) is 0 Å². The minimum atomic E-state index is -1.01. The number of aromatic carboxylic acids is 1. The maximum absolute atomic E-state index is 11.7. The van der Waals surface area contributed by atoms with Crippen LogP contribution < -0.4 is 0 Å². The smallest absolute Gasteiger partial charge is 0.339 e. The van der Waals surface area contributed by atoms with E-state index < -0.39 is 5.97 Å². The third-order valence-electron chi connectivity index (χ3n) is 3.44. The van der Waals surface area contributed by atoms with Gasteiger partial charge in [-0.3, -0.25) is 0 Å². The van der Waals surface area contributed by atoms with Crippen LogP contribution in [0.15, 0.2) is 48.5 Å². The lowest BCUT2D eigenvalue weighted by Crippen LogP contribution is -2.02. The molecular weight excluding hydrogens is 278 g/mol. The molecule has 0 amide bonds. The van der Waals surface area contributed by atoms with Crippen molar-refractivity contribution >= 4 is 16.9 Å². The van der Waals surface area contributed by atoms with Crippen molar-refractivity contribution in [2.45, 2.75) is 6.92 Å². The number of phenolic OH excluding ortho intramolecular Hbond substituents is 1. The molecule has 3 aromatic rings. The molecule has 0 bridgehead atoms. The number of carbonyl (C=O) groups is 1. The number of nitrogens with zero attached hydrogens (tertiary/aromatic N) is 1. The molecule has 0 aliphatic carbocycles. The monoisotopic (exact) mass is 291 g/mol. The summed E-state index contributed by atoms with van der Waals surface area (Å²) in [4.78, 5) is 11.7. The Morgan fingerprint density at radius 1 is 1.09 bits per heavy atom. The van der Waals surface area contributed by atoms with E-state index in [4.69, 9.17) is 0 Å². The number of para-hydroxylation sites is 1. The van der Waals surface area contributed by atoms with E-state index >= 15 is 0 Å². The topological polar surface area (TPSA) is 62.5 Å². The number of hydrogen-bond donors (Lipinski definition) is 2. The van der Waals surface area contributed by atoms with Gasteiger partial charge in [-0.1, -0.05) is 24.1 Å². The Morgan fingerprint density at radius 3 is 2.41 bits per heavy atom. The summed E-state index contributed by atoms with van der Waals surface area (Å²) in [6.07, 6.45) is 0. The highest BCUT2D eigenvalue weighted by atomic mass is 16.4. The van der Waals surface area contributed by atoms with E-state index in [-0.39, 0.29) is 11.3 Å². The molecule has 1 heterocycles. The highest BCUT2D eigenvalue weighted by Gasteiger charge is 2.21. The average molecular weight is 291 g/mol. The Kier molecular flexibility index (Phi) is 3.32. The van der Waals surface area contributed by atoms with E-state index in [1.165, 1.54) is 0 Å². The fourth-order valence-corrected chi connectivity index (χ4v) is 2.56. The normalized spacial score (nSPS) is 10.2. The molecule has 1 aromatic heterocycles. The highest BCUT2D eigenvalue weighted by molar-refractivity contribution is 6.06. The summed E-state index contributed by atoms with van der Waals surface area (Å²) in [6, 6.07) is 13.9. The number of phenols is 1. The molecule has 22 heavy (non-hydrogen) atoms. The molecule has 108 valence electrons.